The van der Waals surface area contributed by atoms with Crippen LogP contribution in [0.25, 0.3) is 0 Å². The predicted octanol–water partition coefficient (Wildman–Crippen LogP) is 1.85. The van der Waals surface area contributed by atoms with Crippen LogP contribution in [0.1, 0.15) is 22.5 Å². The fraction of sp³-hybridized carbons (Fsp3) is 0.375. The molecule has 1 saturated heterocycles. The minimum absolute atomic E-state index is 0.0477. The highest BCUT2D eigenvalue weighted by Gasteiger charge is 2.22. The van der Waals surface area contributed by atoms with Gasteiger partial charge in [0.25, 0.3) is 0 Å². The number of hydrogen-bond donors (Lipinski definition) is 0. The number of hydrogen-bond acceptors (Lipinski definition) is 6. The van der Waals surface area contributed by atoms with Crippen molar-refractivity contribution in [2.75, 3.05) is 31.1 Å². The summed E-state index contributed by atoms with van der Waals surface area (Å²) in [5.74, 6) is 0.938. The Hall–Kier alpha value is -2.28. The fourth-order valence-corrected chi connectivity index (χ4v) is 3.27. The number of carbonyl (C=O) groups is 2. The summed E-state index contributed by atoms with van der Waals surface area (Å²) in [5, 5.41) is 1.88. The summed E-state index contributed by atoms with van der Waals surface area (Å²) in [6.07, 6.45) is 5.61. The van der Waals surface area contributed by atoms with Gasteiger partial charge in [0, 0.05) is 51.4 Å². The highest BCUT2D eigenvalue weighted by Crippen LogP contribution is 2.15. The third-order valence-electron chi connectivity index (χ3n) is 3.87. The zero-order valence-electron chi connectivity index (χ0n) is 12.7. The second-order valence-electron chi connectivity index (χ2n) is 5.33. The first-order valence-corrected chi connectivity index (χ1v) is 8.47. The lowest BCUT2D eigenvalue weighted by Crippen LogP contribution is -2.49. The van der Waals surface area contributed by atoms with E-state index in [1.165, 1.54) is 11.3 Å². The molecule has 1 aliphatic heterocycles. The van der Waals surface area contributed by atoms with Gasteiger partial charge in [-0.25, -0.2) is 4.98 Å². The van der Waals surface area contributed by atoms with Gasteiger partial charge in [-0.05, 0) is 11.4 Å². The van der Waals surface area contributed by atoms with Crippen LogP contribution in [-0.2, 0) is 4.79 Å². The van der Waals surface area contributed by atoms with E-state index < -0.39 is 0 Å². The molecule has 0 saturated carbocycles. The molecule has 2 aromatic heterocycles. The standard InChI is InChI=1S/C16H18N4O2S/c21-13(14-2-1-11-23-14)3-4-16(22)20-9-7-19(8-10-20)15-12-17-5-6-18-15/h1-2,5-6,11-12H,3-4,7-10H2. The van der Waals surface area contributed by atoms with Gasteiger partial charge in [-0.15, -0.1) is 11.3 Å². The summed E-state index contributed by atoms with van der Waals surface area (Å²) >= 11 is 1.42. The van der Waals surface area contributed by atoms with Crippen LogP contribution >= 0.6 is 11.3 Å². The quantitative estimate of drug-likeness (QED) is 0.783. The first kappa shape index (κ1) is 15.6. The Labute approximate surface area is 138 Å². The average molecular weight is 330 g/mol. The summed E-state index contributed by atoms with van der Waals surface area (Å²) in [4.78, 5) is 37.2. The second kappa shape index (κ2) is 7.32. The van der Waals surface area contributed by atoms with E-state index in [0.717, 1.165) is 23.8 Å². The number of aromatic nitrogens is 2. The molecule has 7 heteroatoms. The summed E-state index contributed by atoms with van der Waals surface area (Å²) in [6.45, 7) is 2.79. The Bertz CT molecular complexity index is 652. The lowest BCUT2D eigenvalue weighted by atomic mass is 10.1. The topological polar surface area (TPSA) is 66.4 Å². The van der Waals surface area contributed by atoms with Crippen LogP contribution in [0.5, 0.6) is 0 Å². The molecule has 1 fully saturated rings. The molecular formula is C16H18N4O2S. The van der Waals surface area contributed by atoms with Crippen LogP contribution < -0.4 is 4.90 Å². The van der Waals surface area contributed by atoms with Gasteiger partial charge < -0.3 is 9.80 Å². The number of carbonyl (C=O) groups excluding carboxylic acids is 2. The minimum atomic E-state index is 0.0477. The van der Waals surface area contributed by atoms with Crippen LogP contribution in [-0.4, -0.2) is 52.7 Å². The number of Topliss-reactive ketones (excluding diaryl/α,β-unsaturated/α-hetero) is 1. The number of thiophene rings is 1. The summed E-state index contributed by atoms with van der Waals surface area (Å²) < 4.78 is 0. The SMILES string of the molecule is O=C(CCC(=O)N1CCN(c2cnccn2)CC1)c1cccs1. The average Bonchev–Trinajstić information content (AvgIpc) is 3.15. The van der Waals surface area contributed by atoms with E-state index >= 15 is 0 Å². The van der Waals surface area contributed by atoms with Gasteiger partial charge in [-0.2, -0.15) is 0 Å². The van der Waals surface area contributed by atoms with Gasteiger partial charge in [-0.3, -0.25) is 14.6 Å². The number of rotatable bonds is 5. The van der Waals surface area contributed by atoms with Crippen molar-refractivity contribution in [3.8, 4) is 0 Å². The van der Waals surface area contributed by atoms with Gasteiger partial charge in [0.1, 0.15) is 5.82 Å². The number of piperazine rings is 1. The minimum Gasteiger partial charge on any atom is -0.352 e. The smallest absolute Gasteiger partial charge is 0.223 e. The molecule has 120 valence electrons. The van der Waals surface area contributed by atoms with Crippen LogP contribution in [0.3, 0.4) is 0 Å². The monoisotopic (exact) mass is 330 g/mol. The Kier molecular flexibility index (Phi) is 4.97. The molecular weight excluding hydrogens is 312 g/mol. The van der Waals surface area contributed by atoms with Crippen LogP contribution in [0.15, 0.2) is 36.1 Å². The van der Waals surface area contributed by atoms with E-state index in [1.54, 1.807) is 24.7 Å². The van der Waals surface area contributed by atoms with Crippen molar-refractivity contribution in [3.63, 3.8) is 0 Å². The predicted molar refractivity (Wildman–Crippen MR) is 88.7 cm³/mol. The van der Waals surface area contributed by atoms with Crippen molar-refractivity contribution in [3.05, 3.63) is 41.0 Å². The number of amides is 1. The van der Waals surface area contributed by atoms with Crippen LogP contribution in [0, 0.1) is 0 Å². The van der Waals surface area contributed by atoms with Gasteiger partial charge in [0.15, 0.2) is 5.78 Å². The Balaban J connectivity index is 1.46. The van der Waals surface area contributed by atoms with Gasteiger partial charge in [0.05, 0.1) is 11.1 Å². The molecule has 3 rings (SSSR count). The largest absolute Gasteiger partial charge is 0.352 e. The summed E-state index contributed by atoms with van der Waals surface area (Å²) in [7, 11) is 0. The third kappa shape index (κ3) is 3.92. The molecule has 0 aliphatic carbocycles. The molecule has 1 amide bonds. The first-order valence-electron chi connectivity index (χ1n) is 7.59. The Morgan fingerprint density at radius 3 is 2.61 bits per heavy atom. The van der Waals surface area contributed by atoms with E-state index in [4.69, 9.17) is 0 Å². The first-order chi connectivity index (χ1) is 11.2. The molecule has 0 atom stereocenters. The molecule has 0 radical (unpaired) electrons. The fourth-order valence-electron chi connectivity index (χ4n) is 2.58. The van der Waals surface area contributed by atoms with E-state index in [9.17, 15) is 9.59 Å². The van der Waals surface area contributed by atoms with E-state index in [0.29, 0.717) is 13.1 Å². The maximum Gasteiger partial charge on any atom is 0.223 e. The molecule has 1 aliphatic rings. The maximum absolute atomic E-state index is 12.2. The van der Waals surface area contributed by atoms with E-state index in [-0.39, 0.29) is 24.5 Å². The van der Waals surface area contributed by atoms with E-state index in [1.807, 2.05) is 16.3 Å². The normalized spacial score (nSPS) is 14.8. The zero-order valence-corrected chi connectivity index (χ0v) is 13.5. The third-order valence-corrected chi connectivity index (χ3v) is 4.78. The zero-order chi connectivity index (χ0) is 16.1. The molecule has 0 spiro atoms. The van der Waals surface area contributed by atoms with Crippen molar-refractivity contribution >= 4 is 28.8 Å². The maximum atomic E-state index is 12.2. The Morgan fingerprint density at radius 2 is 1.96 bits per heavy atom. The van der Waals surface area contributed by atoms with Crippen molar-refractivity contribution in [2.24, 2.45) is 0 Å². The Morgan fingerprint density at radius 1 is 1.13 bits per heavy atom. The van der Waals surface area contributed by atoms with Crippen molar-refractivity contribution in [2.45, 2.75) is 12.8 Å². The highest BCUT2D eigenvalue weighted by molar-refractivity contribution is 7.12. The molecule has 0 aromatic carbocycles. The number of nitrogens with zero attached hydrogens (tertiary/aromatic N) is 4. The second-order valence-corrected chi connectivity index (χ2v) is 6.28. The number of anilines is 1. The lowest BCUT2D eigenvalue weighted by Gasteiger charge is -2.35. The van der Waals surface area contributed by atoms with E-state index in [2.05, 4.69) is 14.9 Å². The lowest BCUT2D eigenvalue weighted by molar-refractivity contribution is -0.131. The number of ketones is 1. The molecule has 3 heterocycles. The molecule has 0 N–H and O–H groups in total. The van der Waals surface area contributed by atoms with Crippen molar-refractivity contribution in [1.29, 1.82) is 0 Å². The van der Waals surface area contributed by atoms with Gasteiger partial charge >= 0.3 is 0 Å². The highest BCUT2D eigenvalue weighted by atomic mass is 32.1. The summed E-state index contributed by atoms with van der Waals surface area (Å²) in [6, 6.07) is 3.66. The molecule has 23 heavy (non-hydrogen) atoms. The van der Waals surface area contributed by atoms with Crippen LogP contribution in [0.4, 0.5) is 5.82 Å². The van der Waals surface area contributed by atoms with Crippen LogP contribution in [0.2, 0.25) is 0 Å². The van der Waals surface area contributed by atoms with Gasteiger partial charge in [0.2, 0.25) is 5.91 Å². The molecule has 6 nitrogen and oxygen atoms in total. The van der Waals surface area contributed by atoms with Crippen molar-refractivity contribution in [1.82, 2.24) is 14.9 Å². The summed E-state index contributed by atoms with van der Waals surface area (Å²) in [5.41, 5.74) is 0. The van der Waals surface area contributed by atoms with Crippen molar-refractivity contribution < 1.29 is 9.59 Å². The van der Waals surface area contributed by atoms with Gasteiger partial charge in [-0.1, -0.05) is 6.07 Å². The molecule has 0 unspecified atom stereocenters. The molecule has 0 bridgehead atoms. The molecule has 2 aromatic rings.